The van der Waals surface area contributed by atoms with Crippen LogP contribution < -0.4 is 11.1 Å². The fraction of sp³-hybridized carbons (Fsp3) is 0.389. The Morgan fingerprint density at radius 3 is 2.42 bits per heavy atom. The Bertz CT molecular complexity index is 748. The molecule has 0 saturated carbocycles. The van der Waals surface area contributed by atoms with Gasteiger partial charge in [0.25, 0.3) is 5.91 Å². The standard InChI is InChI=1S/C18H24N4O2/c1-5-9-13-14(15(16(19)23)22(4)21-13)20-17(24)18(2,3)12-10-7-6-8-11-12/h6-8,10-11H,5,9H2,1-4H3,(H2,19,23)(H,20,24). The number of nitrogens with one attached hydrogen (secondary N) is 1. The number of rotatable bonds is 6. The average molecular weight is 328 g/mol. The van der Waals surface area contributed by atoms with Crippen LogP contribution in [0, 0.1) is 0 Å². The Hall–Kier alpha value is -2.63. The third kappa shape index (κ3) is 3.32. The molecule has 128 valence electrons. The zero-order valence-corrected chi connectivity index (χ0v) is 14.6. The van der Waals surface area contributed by atoms with Gasteiger partial charge < -0.3 is 11.1 Å². The van der Waals surface area contributed by atoms with Crippen LogP contribution in [0.15, 0.2) is 30.3 Å². The third-order valence-electron chi connectivity index (χ3n) is 4.14. The zero-order chi connectivity index (χ0) is 17.9. The fourth-order valence-electron chi connectivity index (χ4n) is 2.66. The van der Waals surface area contributed by atoms with E-state index >= 15 is 0 Å². The topological polar surface area (TPSA) is 90.0 Å². The zero-order valence-electron chi connectivity index (χ0n) is 14.6. The van der Waals surface area contributed by atoms with E-state index in [0.717, 1.165) is 12.0 Å². The Balaban J connectivity index is 2.39. The Morgan fingerprint density at radius 2 is 1.88 bits per heavy atom. The summed E-state index contributed by atoms with van der Waals surface area (Å²) in [5, 5.41) is 7.21. The summed E-state index contributed by atoms with van der Waals surface area (Å²) in [7, 11) is 1.65. The number of anilines is 1. The number of aromatic nitrogens is 2. The van der Waals surface area contributed by atoms with E-state index in [-0.39, 0.29) is 11.6 Å². The van der Waals surface area contributed by atoms with Gasteiger partial charge in [0.15, 0.2) is 0 Å². The van der Waals surface area contributed by atoms with Crippen molar-refractivity contribution in [1.29, 1.82) is 0 Å². The number of aryl methyl sites for hydroxylation is 2. The third-order valence-corrected chi connectivity index (χ3v) is 4.14. The van der Waals surface area contributed by atoms with Crippen molar-refractivity contribution in [3.05, 3.63) is 47.3 Å². The molecule has 0 spiro atoms. The largest absolute Gasteiger partial charge is 0.364 e. The van der Waals surface area contributed by atoms with Gasteiger partial charge in [-0.1, -0.05) is 43.7 Å². The van der Waals surface area contributed by atoms with Gasteiger partial charge in [-0.2, -0.15) is 5.10 Å². The maximum absolute atomic E-state index is 12.9. The molecule has 0 unspecified atom stereocenters. The van der Waals surface area contributed by atoms with E-state index in [1.165, 1.54) is 4.68 Å². The maximum atomic E-state index is 12.9. The molecule has 2 amide bonds. The first kappa shape index (κ1) is 17.7. The van der Waals surface area contributed by atoms with Crippen molar-refractivity contribution >= 4 is 17.5 Å². The van der Waals surface area contributed by atoms with E-state index in [1.807, 2.05) is 51.1 Å². The van der Waals surface area contributed by atoms with Gasteiger partial charge in [0.2, 0.25) is 5.91 Å². The normalized spacial score (nSPS) is 11.3. The summed E-state index contributed by atoms with van der Waals surface area (Å²) >= 11 is 0. The monoisotopic (exact) mass is 328 g/mol. The first-order valence-corrected chi connectivity index (χ1v) is 8.01. The van der Waals surface area contributed by atoms with Crippen molar-refractivity contribution < 1.29 is 9.59 Å². The lowest BCUT2D eigenvalue weighted by Crippen LogP contribution is -2.35. The van der Waals surface area contributed by atoms with Crippen LogP contribution in [0.25, 0.3) is 0 Å². The highest BCUT2D eigenvalue weighted by Gasteiger charge is 2.32. The highest BCUT2D eigenvalue weighted by molar-refractivity contribution is 6.05. The number of carbonyl (C=O) groups excluding carboxylic acids is 2. The minimum atomic E-state index is -0.754. The van der Waals surface area contributed by atoms with Crippen molar-refractivity contribution in [2.45, 2.75) is 39.0 Å². The van der Waals surface area contributed by atoms with Gasteiger partial charge in [-0.25, -0.2) is 0 Å². The lowest BCUT2D eigenvalue weighted by molar-refractivity contribution is -0.120. The van der Waals surface area contributed by atoms with Crippen molar-refractivity contribution in [2.24, 2.45) is 12.8 Å². The van der Waals surface area contributed by atoms with Gasteiger partial charge >= 0.3 is 0 Å². The summed E-state index contributed by atoms with van der Waals surface area (Å²) in [5.41, 5.74) is 6.92. The molecule has 0 bridgehead atoms. The predicted molar refractivity (Wildman–Crippen MR) is 93.8 cm³/mol. The number of amides is 2. The molecule has 0 atom stereocenters. The van der Waals surface area contributed by atoms with Gasteiger partial charge in [-0.15, -0.1) is 0 Å². The number of primary amides is 1. The van der Waals surface area contributed by atoms with Crippen LogP contribution in [-0.2, 0) is 23.7 Å². The SMILES string of the molecule is CCCc1nn(C)c(C(N)=O)c1NC(=O)C(C)(C)c1ccccc1. The Labute approximate surface area is 142 Å². The van der Waals surface area contributed by atoms with Crippen LogP contribution >= 0.6 is 0 Å². The van der Waals surface area contributed by atoms with E-state index in [2.05, 4.69) is 10.4 Å². The van der Waals surface area contributed by atoms with Crippen LogP contribution in [0.5, 0.6) is 0 Å². The van der Waals surface area contributed by atoms with Crippen LogP contribution in [0.1, 0.15) is 48.9 Å². The summed E-state index contributed by atoms with van der Waals surface area (Å²) in [5.74, 6) is -0.818. The number of nitrogens with two attached hydrogens (primary N) is 1. The van der Waals surface area contributed by atoms with Crippen molar-refractivity contribution in [2.75, 3.05) is 5.32 Å². The molecule has 6 heteroatoms. The van der Waals surface area contributed by atoms with E-state index in [0.29, 0.717) is 17.8 Å². The summed E-state index contributed by atoms with van der Waals surface area (Å²) in [6.07, 6.45) is 1.50. The molecule has 2 aromatic rings. The van der Waals surface area contributed by atoms with Gasteiger partial charge in [0.05, 0.1) is 16.8 Å². The first-order chi connectivity index (χ1) is 11.3. The molecule has 1 aromatic carbocycles. The Morgan fingerprint density at radius 1 is 1.25 bits per heavy atom. The number of hydrogen-bond acceptors (Lipinski definition) is 3. The second-order valence-electron chi connectivity index (χ2n) is 6.35. The lowest BCUT2D eigenvalue weighted by atomic mass is 9.83. The van der Waals surface area contributed by atoms with E-state index in [1.54, 1.807) is 7.05 Å². The maximum Gasteiger partial charge on any atom is 0.269 e. The molecule has 0 aliphatic rings. The summed E-state index contributed by atoms with van der Waals surface area (Å²) < 4.78 is 1.43. The lowest BCUT2D eigenvalue weighted by Gasteiger charge is -2.24. The molecular formula is C18H24N4O2. The minimum Gasteiger partial charge on any atom is -0.364 e. The van der Waals surface area contributed by atoms with E-state index in [4.69, 9.17) is 5.73 Å². The smallest absolute Gasteiger partial charge is 0.269 e. The molecule has 0 aliphatic heterocycles. The Kier molecular flexibility index (Phi) is 5.07. The van der Waals surface area contributed by atoms with Crippen molar-refractivity contribution in [3.8, 4) is 0 Å². The van der Waals surface area contributed by atoms with Crippen molar-refractivity contribution in [1.82, 2.24) is 9.78 Å². The number of benzene rings is 1. The summed E-state index contributed by atoms with van der Waals surface area (Å²) in [4.78, 5) is 24.6. The molecular weight excluding hydrogens is 304 g/mol. The van der Waals surface area contributed by atoms with E-state index in [9.17, 15) is 9.59 Å². The fourth-order valence-corrected chi connectivity index (χ4v) is 2.66. The van der Waals surface area contributed by atoms with E-state index < -0.39 is 11.3 Å². The minimum absolute atomic E-state index is 0.207. The predicted octanol–water partition coefficient (Wildman–Crippen LogP) is 2.39. The highest BCUT2D eigenvalue weighted by atomic mass is 16.2. The molecule has 24 heavy (non-hydrogen) atoms. The van der Waals surface area contributed by atoms with Crippen LogP contribution in [0.2, 0.25) is 0 Å². The van der Waals surface area contributed by atoms with Gasteiger partial charge in [0, 0.05) is 7.05 Å². The molecule has 1 heterocycles. The van der Waals surface area contributed by atoms with Gasteiger partial charge in [-0.3, -0.25) is 14.3 Å². The van der Waals surface area contributed by atoms with Crippen LogP contribution in [0.4, 0.5) is 5.69 Å². The molecule has 0 radical (unpaired) electrons. The number of carbonyl (C=O) groups is 2. The van der Waals surface area contributed by atoms with Crippen LogP contribution in [-0.4, -0.2) is 21.6 Å². The van der Waals surface area contributed by atoms with Gasteiger partial charge in [0.1, 0.15) is 5.69 Å². The number of hydrogen-bond donors (Lipinski definition) is 2. The van der Waals surface area contributed by atoms with Crippen molar-refractivity contribution in [3.63, 3.8) is 0 Å². The average Bonchev–Trinajstić information content (AvgIpc) is 2.84. The first-order valence-electron chi connectivity index (χ1n) is 8.01. The van der Waals surface area contributed by atoms with Gasteiger partial charge in [-0.05, 0) is 25.8 Å². The number of nitrogens with zero attached hydrogens (tertiary/aromatic N) is 2. The molecule has 0 aliphatic carbocycles. The quantitative estimate of drug-likeness (QED) is 0.853. The second-order valence-corrected chi connectivity index (χ2v) is 6.35. The second kappa shape index (κ2) is 6.86. The molecule has 0 fully saturated rings. The molecule has 6 nitrogen and oxygen atoms in total. The molecule has 1 aromatic heterocycles. The highest BCUT2D eigenvalue weighted by Crippen LogP contribution is 2.28. The summed E-state index contributed by atoms with van der Waals surface area (Å²) in [6, 6.07) is 9.51. The molecule has 3 N–H and O–H groups in total. The van der Waals surface area contributed by atoms with Crippen LogP contribution in [0.3, 0.4) is 0 Å². The summed E-state index contributed by atoms with van der Waals surface area (Å²) in [6.45, 7) is 5.70. The molecule has 0 saturated heterocycles. The molecule has 2 rings (SSSR count).